The highest BCUT2D eigenvalue weighted by Gasteiger charge is 2.49. The molecule has 16 heavy (non-hydrogen) atoms. The highest BCUT2D eigenvalue weighted by Crippen LogP contribution is 2.36. The number of rotatable bonds is 0. The molecule has 1 saturated heterocycles. The highest BCUT2D eigenvalue weighted by molar-refractivity contribution is 6.08. The maximum Gasteiger partial charge on any atom is 0.322 e. The summed E-state index contributed by atoms with van der Waals surface area (Å²) in [5.74, 6) is -0.258. The molecular formula is C11H11N3O2. The lowest BCUT2D eigenvalue weighted by molar-refractivity contribution is -0.124. The van der Waals surface area contributed by atoms with E-state index < -0.39 is 11.6 Å². The Morgan fingerprint density at radius 1 is 1.19 bits per heavy atom. The second-order valence-electron chi connectivity index (χ2n) is 4.04. The molecule has 1 unspecified atom stereocenters. The third-order valence-electron chi connectivity index (χ3n) is 3.14. The number of anilines is 1. The fourth-order valence-electron chi connectivity index (χ4n) is 2.39. The van der Waals surface area contributed by atoms with Crippen LogP contribution in [-0.2, 0) is 10.3 Å². The van der Waals surface area contributed by atoms with Crippen LogP contribution in [0.3, 0.4) is 0 Å². The summed E-state index contributed by atoms with van der Waals surface area (Å²) in [6.07, 6.45) is 0.571. The zero-order chi connectivity index (χ0) is 11.2. The van der Waals surface area contributed by atoms with Crippen molar-refractivity contribution in [2.75, 3.05) is 11.9 Å². The minimum Gasteiger partial charge on any atom is -0.385 e. The Kier molecular flexibility index (Phi) is 1.71. The summed E-state index contributed by atoms with van der Waals surface area (Å²) >= 11 is 0. The molecule has 0 aliphatic carbocycles. The van der Waals surface area contributed by atoms with Gasteiger partial charge in [-0.05, 0) is 6.07 Å². The van der Waals surface area contributed by atoms with Gasteiger partial charge in [0.1, 0.15) is 5.54 Å². The lowest BCUT2D eigenvalue weighted by Crippen LogP contribution is -2.47. The second kappa shape index (κ2) is 2.98. The van der Waals surface area contributed by atoms with E-state index >= 15 is 0 Å². The molecule has 3 N–H and O–H groups in total. The van der Waals surface area contributed by atoms with Crippen molar-refractivity contribution in [1.82, 2.24) is 10.6 Å². The van der Waals surface area contributed by atoms with E-state index in [2.05, 4.69) is 16.0 Å². The van der Waals surface area contributed by atoms with Crippen molar-refractivity contribution in [2.24, 2.45) is 0 Å². The lowest BCUT2D eigenvalue weighted by Gasteiger charge is -2.33. The van der Waals surface area contributed by atoms with Crippen molar-refractivity contribution in [3.63, 3.8) is 0 Å². The molecule has 0 aromatic heterocycles. The van der Waals surface area contributed by atoms with Crippen LogP contribution in [0.5, 0.6) is 0 Å². The van der Waals surface area contributed by atoms with Gasteiger partial charge in [-0.3, -0.25) is 10.1 Å². The smallest absolute Gasteiger partial charge is 0.322 e. The zero-order valence-electron chi connectivity index (χ0n) is 8.54. The molecule has 0 saturated carbocycles. The fraction of sp³-hybridized carbons (Fsp3) is 0.273. The monoisotopic (exact) mass is 217 g/mol. The molecule has 3 amide bonds. The molecule has 5 nitrogen and oxygen atoms in total. The Bertz CT molecular complexity index is 486. The van der Waals surface area contributed by atoms with Crippen LogP contribution in [0.4, 0.5) is 10.5 Å². The Hall–Kier alpha value is -2.04. The minimum atomic E-state index is -0.876. The Morgan fingerprint density at radius 3 is 2.75 bits per heavy atom. The van der Waals surface area contributed by atoms with Gasteiger partial charge in [0.15, 0.2) is 0 Å². The van der Waals surface area contributed by atoms with E-state index in [1.807, 2.05) is 24.3 Å². The quantitative estimate of drug-likeness (QED) is 0.555. The number of para-hydroxylation sites is 1. The topological polar surface area (TPSA) is 70.2 Å². The van der Waals surface area contributed by atoms with Crippen molar-refractivity contribution >= 4 is 17.6 Å². The van der Waals surface area contributed by atoms with Crippen LogP contribution in [0.25, 0.3) is 0 Å². The summed E-state index contributed by atoms with van der Waals surface area (Å²) in [5.41, 5.74) is 0.870. The van der Waals surface area contributed by atoms with E-state index in [4.69, 9.17) is 0 Å². The van der Waals surface area contributed by atoms with Crippen LogP contribution in [-0.4, -0.2) is 18.5 Å². The van der Waals surface area contributed by atoms with Crippen LogP contribution in [0.15, 0.2) is 24.3 Å². The molecule has 0 bridgehead atoms. The number of urea groups is 1. The minimum absolute atomic E-state index is 0.258. The van der Waals surface area contributed by atoms with Gasteiger partial charge in [-0.25, -0.2) is 4.79 Å². The number of benzene rings is 1. The summed E-state index contributed by atoms with van der Waals surface area (Å²) in [7, 11) is 0. The Morgan fingerprint density at radius 2 is 2.00 bits per heavy atom. The van der Waals surface area contributed by atoms with Gasteiger partial charge in [-0.15, -0.1) is 0 Å². The largest absolute Gasteiger partial charge is 0.385 e. The molecule has 1 aromatic rings. The van der Waals surface area contributed by atoms with Crippen molar-refractivity contribution in [1.29, 1.82) is 0 Å². The number of hydrogen-bond donors (Lipinski definition) is 3. The average molecular weight is 217 g/mol. The molecule has 1 fully saturated rings. The normalized spacial score (nSPS) is 27.0. The standard InChI is InChI=1S/C11H11N3O2/c15-9-11(14-10(16)13-9)5-6-12-8-4-2-1-3-7(8)11/h1-4,12H,5-6H2,(H2,13,14,15,16). The van der Waals surface area contributed by atoms with Crippen LogP contribution >= 0.6 is 0 Å². The van der Waals surface area contributed by atoms with Crippen molar-refractivity contribution < 1.29 is 9.59 Å². The lowest BCUT2D eigenvalue weighted by atomic mass is 9.83. The average Bonchev–Trinajstić information content (AvgIpc) is 2.55. The first-order chi connectivity index (χ1) is 7.72. The molecule has 82 valence electrons. The van der Waals surface area contributed by atoms with Gasteiger partial charge >= 0.3 is 6.03 Å². The van der Waals surface area contributed by atoms with Gasteiger partial charge in [-0.2, -0.15) is 0 Å². The molecule has 3 rings (SSSR count). The fourth-order valence-corrected chi connectivity index (χ4v) is 2.39. The summed E-state index contributed by atoms with van der Waals surface area (Å²) < 4.78 is 0. The number of carbonyl (C=O) groups excluding carboxylic acids is 2. The van der Waals surface area contributed by atoms with E-state index in [0.29, 0.717) is 13.0 Å². The van der Waals surface area contributed by atoms with E-state index in [-0.39, 0.29) is 5.91 Å². The van der Waals surface area contributed by atoms with Crippen molar-refractivity contribution in [2.45, 2.75) is 12.0 Å². The molecule has 2 aliphatic heterocycles. The number of carbonyl (C=O) groups is 2. The first-order valence-electron chi connectivity index (χ1n) is 5.19. The second-order valence-corrected chi connectivity index (χ2v) is 4.04. The summed E-state index contributed by atoms with van der Waals surface area (Å²) in [4.78, 5) is 23.2. The molecule has 5 heteroatoms. The van der Waals surface area contributed by atoms with Crippen LogP contribution in [0, 0.1) is 0 Å². The van der Waals surface area contributed by atoms with Gasteiger partial charge in [0.05, 0.1) is 0 Å². The summed E-state index contributed by atoms with van der Waals surface area (Å²) in [6.45, 7) is 0.671. The van der Waals surface area contributed by atoms with Crippen LogP contribution in [0.1, 0.15) is 12.0 Å². The van der Waals surface area contributed by atoms with Gasteiger partial charge in [0, 0.05) is 24.2 Å². The third kappa shape index (κ3) is 1.05. The van der Waals surface area contributed by atoms with Crippen molar-refractivity contribution in [3.05, 3.63) is 29.8 Å². The summed E-state index contributed by atoms with van der Waals surface area (Å²) in [6, 6.07) is 7.13. The van der Waals surface area contributed by atoms with Crippen LogP contribution < -0.4 is 16.0 Å². The Balaban J connectivity index is 2.17. The SMILES string of the molecule is O=C1NC(=O)C2(CCNc3ccccc32)N1. The van der Waals surface area contributed by atoms with E-state index in [1.54, 1.807) is 0 Å². The first kappa shape index (κ1) is 9.21. The molecule has 2 aliphatic rings. The van der Waals surface area contributed by atoms with Gasteiger partial charge in [0.2, 0.25) is 0 Å². The van der Waals surface area contributed by atoms with E-state index in [9.17, 15) is 9.59 Å². The number of nitrogens with one attached hydrogen (secondary N) is 3. The van der Waals surface area contributed by atoms with Crippen molar-refractivity contribution in [3.8, 4) is 0 Å². The van der Waals surface area contributed by atoms with Gasteiger partial charge in [-0.1, -0.05) is 18.2 Å². The predicted molar refractivity (Wildman–Crippen MR) is 57.9 cm³/mol. The predicted octanol–water partition coefficient (Wildman–Crippen LogP) is 0.537. The molecular weight excluding hydrogens is 206 g/mol. The number of hydrogen-bond acceptors (Lipinski definition) is 3. The maximum atomic E-state index is 11.9. The molecule has 1 spiro atoms. The summed E-state index contributed by atoms with van der Waals surface area (Å²) in [5, 5.41) is 8.25. The molecule has 1 atom stereocenters. The molecule has 2 heterocycles. The van der Waals surface area contributed by atoms with Crippen LogP contribution in [0.2, 0.25) is 0 Å². The van der Waals surface area contributed by atoms with Gasteiger partial charge in [0.25, 0.3) is 5.91 Å². The molecule has 0 radical (unpaired) electrons. The van der Waals surface area contributed by atoms with E-state index in [1.165, 1.54) is 0 Å². The number of imide groups is 1. The molecule has 1 aromatic carbocycles. The zero-order valence-corrected chi connectivity index (χ0v) is 8.54. The highest BCUT2D eigenvalue weighted by atomic mass is 16.2. The third-order valence-corrected chi connectivity index (χ3v) is 3.14. The maximum absolute atomic E-state index is 11.9. The number of fused-ring (bicyclic) bond motifs is 2. The van der Waals surface area contributed by atoms with E-state index in [0.717, 1.165) is 11.3 Å². The van der Waals surface area contributed by atoms with Gasteiger partial charge < -0.3 is 10.6 Å². The Labute approximate surface area is 92.2 Å². The first-order valence-corrected chi connectivity index (χ1v) is 5.19. The number of amides is 3.